The van der Waals surface area contributed by atoms with Crippen molar-refractivity contribution in [2.45, 2.75) is 12.3 Å². The van der Waals surface area contributed by atoms with Crippen LogP contribution in [0.2, 0.25) is 0 Å². The molecule has 1 aliphatic heterocycles. The molecule has 56 heavy (non-hydrogen) atoms. The summed E-state index contributed by atoms with van der Waals surface area (Å²) < 4.78 is 2.42. The second-order valence-electron chi connectivity index (χ2n) is 14.4. The molecule has 2 N–H and O–H groups in total. The van der Waals surface area contributed by atoms with Gasteiger partial charge in [0, 0.05) is 22.0 Å². The van der Waals surface area contributed by atoms with Gasteiger partial charge in [0.15, 0.2) is 8.07 Å². The molecule has 5 heteroatoms. The zero-order chi connectivity index (χ0) is 37.3. The number of hydrogen-bond donors (Lipinski definition) is 2. The summed E-state index contributed by atoms with van der Waals surface area (Å²) in [6.07, 6.45) is -0.363. The highest BCUT2D eigenvalue weighted by atomic mass is 28.3. The van der Waals surface area contributed by atoms with E-state index in [1.165, 1.54) is 42.6 Å². The van der Waals surface area contributed by atoms with Crippen LogP contribution in [0.25, 0.3) is 27.5 Å². The van der Waals surface area contributed by atoms with E-state index in [0.29, 0.717) is 0 Å². The van der Waals surface area contributed by atoms with Gasteiger partial charge in [-0.05, 0) is 56.1 Å². The molecular formula is C51H40N4Si. The highest BCUT2D eigenvalue weighted by Gasteiger charge is 2.41. The van der Waals surface area contributed by atoms with E-state index in [2.05, 4.69) is 228 Å². The number of aromatic nitrogens is 1. The maximum absolute atomic E-state index is 5.26. The van der Waals surface area contributed by atoms with Crippen molar-refractivity contribution < 1.29 is 0 Å². The second kappa shape index (κ2) is 14.5. The van der Waals surface area contributed by atoms with Gasteiger partial charge < -0.3 is 9.88 Å². The Bertz CT molecular complexity index is 2700. The van der Waals surface area contributed by atoms with Crippen LogP contribution in [0, 0.1) is 0 Å². The fourth-order valence-corrected chi connectivity index (χ4v) is 13.4. The lowest BCUT2D eigenvalue weighted by atomic mass is 10.1. The number of nitrogens with one attached hydrogen (secondary N) is 2. The number of hydrogen-bond acceptors (Lipinski definition) is 3. The summed E-state index contributed by atoms with van der Waals surface area (Å²) in [6, 6.07) is 79.3. The standard InChI is InChI=1S/C51H40N4Si/c1-6-19-37(20-7-1)49-52-50(38-21-8-2-9-22-38)54-51(53-49)39-23-18-24-40(35-39)55-47-32-17-16-31-45(47)46-36-44(33-34-48(46)55)56(41-25-10-3-11-26-41,42-27-12-4-13-28-42)43-29-14-5-15-30-43/h1-36,49,51,53H,(H,52,54). The lowest BCUT2D eigenvalue weighted by Crippen LogP contribution is -2.74. The molecule has 0 aliphatic carbocycles. The van der Waals surface area contributed by atoms with Crippen LogP contribution in [0.1, 0.15) is 29.0 Å². The van der Waals surface area contributed by atoms with Crippen LogP contribution in [0.15, 0.2) is 223 Å². The van der Waals surface area contributed by atoms with Gasteiger partial charge in [0.2, 0.25) is 0 Å². The molecule has 268 valence electrons. The van der Waals surface area contributed by atoms with E-state index >= 15 is 0 Å². The van der Waals surface area contributed by atoms with E-state index < -0.39 is 8.07 Å². The predicted molar refractivity (Wildman–Crippen MR) is 236 cm³/mol. The van der Waals surface area contributed by atoms with Gasteiger partial charge in [-0.2, -0.15) is 0 Å². The molecule has 0 saturated carbocycles. The Hall–Kier alpha value is -6.79. The molecule has 1 aromatic heterocycles. The van der Waals surface area contributed by atoms with Crippen LogP contribution in [-0.2, 0) is 0 Å². The third kappa shape index (κ3) is 5.85. The van der Waals surface area contributed by atoms with Gasteiger partial charge in [-0.25, -0.2) is 4.99 Å². The highest BCUT2D eigenvalue weighted by molar-refractivity contribution is 7.20. The molecular weight excluding hydrogens is 697 g/mol. The monoisotopic (exact) mass is 736 g/mol. The van der Waals surface area contributed by atoms with Gasteiger partial charge in [-0.1, -0.05) is 194 Å². The first-order chi connectivity index (χ1) is 27.8. The Morgan fingerprint density at radius 1 is 0.429 bits per heavy atom. The molecule has 10 rings (SSSR count). The lowest BCUT2D eigenvalue weighted by Gasteiger charge is -2.34. The van der Waals surface area contributed by atoms with E-state index in [4.69, 9.17) is 4.99 Å². The van der Waals surface area contributed by atoms with Crippen molar-refractivity contribution in [2.24, 2.45) is 4.99 Å². The first-order valence-electron chi connectivity index (χ1n) is 19.3. The van der Waals surface area contributed by atoms with E-state index in [9.17, 15) is 0 Å². The maximum atomic E-state index is 5.26. The van der Waals surface area contributed by atoms with Crippen LogP contribution in [0.3, 0.4) is 0 Å². The number of amidine groups is 1. The molecule has 2 atom stereocenters. The first-order valence-corrected chi connectivity index (χ1v) is 21.3. The Morgan fingerprint density at radius 3 is 1.61 bits per heavy atom. The molecule has 4 nitrogen and oxygen atoms in total. The maximum Gasteiger partial charge on any atom is 0.179 e. The smallest absolute Gasteiger partial charge is 0.179 e. The van der Waals surface area contributed by atoms with Crippen LogP contribution in [-0.4, -0.2) is 18.5 Å². The van der Waals surface area contributed by atoms with Gasteiger partial charge in [0.25, 0.3) is 0 Å². The number of rotatable bonds is 8. The Kier molecular flexibility index (Phi) is 8.71. The fourth-order valence-electron chi connectivity index (χ4n) is 8.67. The molecule has 2 heterocycles. The van der Waals surface area contributed by atoms with Crippen LogP contribution < -0.4 is 31.4 Å². The van der Waals surface area contributed by atoms with Crippen molar-refractivity contribution >= 4 is 56.5 Å². The molecule has 0 bridgehead atoms. The van der Waals surface area contributed by atoms with Crippen LogP contribution in [0.4, 0.5) is 0 Å². The quantitative estimate of drug-likeness (QED) is 0.121. The Labute approximate surface area is 328 Å². The van der Waals surface area contributed by atoms with Crippen molar-refractivity contribution in [3.8, 4) is 5.69 Å². The predicted octanol–water partition coefficient (Wildman–Crippen LogP) is 8.50. The van der Waals surface area contributed by atoms with Gasteiger partial charge in [0.1, 0.15) is 18.2 Å². The molecule has 1 aliphatic rings. The molecule has 0 spiro atoms. The summed E-state index contributed by atoms with van der Waals surface area (Å²) in [5.41, 5.74) is 6.79. The van der Waals surface area contributed by atoms with E-state index in [0.717, 1.165) is 28.2 Å². The lowest BCUT2D eigenvalue weighted by molar-refractivity contribution is 0.409. The minimum atomic E-state index is -2.71. The van der Waals surface area contributed by atoms with Gasteiger partial charge in [-0.3, -0.25) is 5.32 Å². The summed E-state index contributed by atoms with van der Waals surface area (Å²) >= 11 is 0. The molecule has 0 amide bonds. The highest BCUT2D eigenvalue weighted by Crippen LogP contribution is 2.34. The number of nitrogens with zero attached hydrogens (tertiary/aromatic N) is 2. The fraction of sp³-hybridized carbons (Fsp3) is 0.0392. The third-order valence-corrected chi connectivity index (χ3v) is 16.0. The van der Waals surface area contributed by atoms with Crippen LogP contribution in [0.5, 0.6) is 0 Å². The molecule has 8 aromatic carbocycles. The van der Waals surface area contributed by atoms with Crippen molar-refractivity contribution in [3.63, 3.8) is 0 Å². The van der Waals surface area contributed by atoms with Crippen molar-refractivity contribution in [2.75, 3.05) is 0 Å². The number of fused-ring (bicyclic) bond motifs is 3. The third-order valence-electron chi connectivity index (χ3n) is 11.2. The zero-order valence-electron chi connectivity index (χ0n) is 30.8. The van der Waals surface area contributed by atoms with Crippen LogP contribution >= 0.6 is 0 Å². The van der Waals surface area contributed by atoms with Gasteiger partial charge in [-0.15, -0.1) is 0 Å². The Balaban J connectivity index is 1.14. The first kappa shape index (κ1) is 33.8. The van der Waals surface area contributed by atoms with Gasteiger partial charge >= 0.3 is 0 Å². The summed E-state index contributed by atoms with van der Waals surface area (Å²) in [5, 5.41) is 15.4. The van der Waals surface area contributed by atoms with Gasteiger partial charge in [0.05, 0.1) is 11.0 Å². The summed E-state index contributed by atoms with van der Waals surface area (Å²) in [7, 11) is -2.71. The molecule has 2 unspecified atom stereocenters. The van der Waals surface area contributed by atoms with E-state index in [1.54, 1.807) is 0 Å². The second-order valence-corrected chi connectivity index (χ2v) is 18.2. The summed E-state index contributed by atoms with van der Waals surface area (Å²) in [5.74, 6) is 0.876. The van der Waals surface area contributed by atoms with Crippen molar-refractivity contribution in [1.29, 1.82) is 0 Å². The summed E-state index contributed by atoms with van der Waals surface area (Å²) in [4.78, 5) is 5.26. The largest absolute Gasteiger partial charge is 0.350 e. The Morgan fingerprint density at radius 2 is 0.964 bits per heavy atom. The topological polar surface area (TPSA) is 41.4 Å². The minimum Gasteiger partial charge on any atom is -0.350 e. The van der Waals surface area contributed by atoms with E-state index in [1.807, 2.05) is 6.07 Å². The van der Waals surface area contributed by atoms with Crippen molar-refractivity contribution in [3.05, 3.63) is 235 Å². The normalized spacial score (nSPS) is 15.7. The number of benzene rings is 8. The molecule has 0 saturated heterocycles. The summed E-state index contributed by atoms with van der Waals surface area (Å²) in [6.45, 7) is 0. The SMILES string of the molecule is c1ccc(C2=NC(c3cccc(-n4c5ccccc5c5cc([Si](c6ccccc6)(c6ccccc6)c6ccccc6)ccc54)c3)NC(c3ccccc3)N2)cc1. The average molecular weight is 737 g/mol. The minimum absolute atomic E-state index is 0.104. The zero-order valence-corrected chi connectivity index (χ0v) is 31.8. The average Bonchev–Trinajstić information content (AvgIpc) is 3.62. The molecule has 9 aromatic rings. The molecule has 0 fully saturated rings. The molecule has 0 radical (unpaired) electrons. The van der Waals surface area contributed by atoms with E-state index in [-0.39, 0.29) is 12.3 Å². The number of aliphatic imine (C=N–C) groups is 1. The van der Waals surface area contributed by atoms with Crippen molar-refractivity contribution in [1.82, 2.24) is 15.2 Å². The number of para-hydroxylation sites is 1.